The van der Waals surface area contributed by atoms with Gasteiger partial charge in [-0.1, -0.05) is 0 Å². The van der Waals surface area contributed by atoms with Crippen molar-refractivity contribution < 1.29 is 19.0 Å². The lowest BCUT2D eigenvalue weighted by Crippen LogP contribution is -2.48. The Labute approximate surface area is 120 Å². The van der Waals surface area contributed by atoms with Crippen molar-refractivity contribution in [3.8, 4) is 0 Å². The lowest BCUT2D eigenvalue weighted by molar-refractivity contribution is -0.159. The summed E-state index contributed by atoms with van der Waals surface area (Å²) in [7, 11) is 1.91. The SMILES string of the molecule is CNC1COCC1C(=O)C1CCOC2(CCOCC2)C1. The van der Waals surface area contributed by atoms with Gasteiger partial charge >= 0.3 is 0 Å². The third-order valence-corrected chi connectivity index (χ3v) is 5.12. The van der Waals surface area contributed by atoms with Gasteiger partial charge in [0.1, 0.15) is 5.78 Å². The molecule has 0 saturated carbocycles. The van der Waals surface area contributed by atoms with E-state index < -0.39 is 0 Å². The number of likely N-dealkylation sites (N-methyl/N-ethyl adjacent to an activating group) is 1. The molecule has 0 amide bonds. The molecule has 5 nitrogen and oxygen atoms in total. The fourth-order valence-corrected chi connectivity index (χ4v) is 3.78. The van der Waals surface area contributed by atoms with Crippen molar-refractivity contribution in [2.75, 3.05) is 40.1 Å². The van der Waals surface area contributed by atoms with E-state index in [1.807, 2.05) is 7.05 Å². The van der Waals surface area contributed by atoms with Crippen molar-refractivity contribution >= 4 is 5.78 Å². The smallest absolute Gasteiger partial charge is 0.143 e. The summed E-state index contributed by atoms with van der Waals surface area (Å²) in [5.41, 5.74) is -0.106. The predicted octanol–water partition coefficient (Wildman–Crippen LogP) is 0.766. The monoisotopic (exact) mass is 283 g/mol. The molecule has 3 rings (SSSR count). The third-order valence-electron chi connectivity index (χ3n) is 5.12. The lowest BCUT2D eigenvalue weighted by Gasteiger charge is -2.43. The number of nitrogens with one attached hydrogen (secondary N) is 1. The minimum atomic E-state index is -0.106. The zero-order valence-corrected chi connectivity index (χ0v) is 12.2. The van der Waals surface area contributed by atoms with E-state index in [-0.39, 0.29) is 23.5 Å². The highest BCUT2D eigenvalue weighted by molar-refractivity contribution is 5.84. The Kier molecular flexibility index (Phi) is 4.40. The third kappa shape index (κ3) is 2.77. The number of ketones is 1. The molecule has 3 aliphatic rings. The van der Waals surface area contributed by atoms with Gasteiger partial charge in [0.05, 0.1) is 24.7 Å². The fraction of sp³-hybridized carbons (Fsp3) is 0.933. The van der Waals surface area contributed by atoms with Crippen LogP contribution in [-0.4, -0.2) is 57.5 Å². The maximum absolute atomic E-state index is 12.8. The molecular formula is C15H25NO4. The number of carbonyl (C=O) groups is 1. The first-order valence-electron chi connectivity index (χ1n) is 7.74. The van der Waals surface area contributed by atoms with Crippen LogP contribution in [0.25, 0.3) is 0 Å². The zero-order valence-electron chi connectivity index (χ0n) is 12.2. The van der Waals surface area contributed by atoms with Crippen LogP contribution in [0, 0.1) is 11.8 Å². The van der Waals surface area contributed by atoms with E-state index in [1.54, 1.807) is 0 Å². The molecule has 0 aromatic carbocycles. The standard InChI is InChI=1S/C15H25NO4/c1-16-13-10-19-9-12(13)14(17)11-2-5-20-15(8-11)3-6-18-7-4-15/h11-13,16H,2-10H2,1H3. The largest absolute Gasteiger partial charge is 0.381 e. The Balaban J connectivity index is 1.65. The van der Waals surface area contributed by atoms with Gasteiger partial charge in [0.2, 0.25) is 0 Å². The molecule has 3 fully saturated rings. The molecule has 0 bridgehead atoms. The molecule has 3 aliphatic heterocycles. The van der Waals surface area contributed by atoms with E-state index in [9.17, 15) is 4.79 Å². The predicted molar refractivity (Wildman–Crippen MR) is 73.6 cm³/mol. The van der Waals surface area contributed by atoms with Gasteiger partial charge in [-0.05, 0) is 32.7 Å². The van der Waals surface area contributed by atoms with E-state index in [0.29, 0.717) is 25.6 Å². The summed E-state index contributed by atoms with van der Waals surface area (Å²) in [6, 6.07) is 0.177. The van der Waals surface area contributed by atoms with Crippen molar-refractivity contribution in [3.05, 3.63) is 0 Å². The van der Waals surface area contributed by atoms with Crippen molar-refractivity contribution in [3.63, 3.8) is 0 Å². The molecule has 0 aromatic rings. The average Bonchev–Trinajstić information content (AvgIpc) is 2.96. The molecule has 1 spiro atoms. The van der Waals surface area contributed by atoms with Crippen LogP contribution in [0.4, 0.5) is 0 Å². The molecule has 1 N–H and O–H groups in total. The van der Waals surface area contributed by atoms with E-state index in [1.165, 1.54) is 0 Å². The average molecular weight is 283 g/mol. The van der Waals surface area contributed by atoms with Crippen LogP contribution in [-0.2, 0) is 19.0 Å². The second kappa shape index (κ2) is 6.10. The van der Waals surface area contributed by atoms with E-state index in [4.69, 9.17) is 14.2 Å². The molecule has 3 atom stereocenters. The van der Waals surface area contributed by atoms with Gasteiger partial charge in [-0.25, -0.2) is 0 Å². The first-order valence-corrected chi connectivity index (χ1v) is 7.74. The highest BCUT2D eigenvalue weighted by atomic mass is 16.5. The maximum atomic E-state index is 12.8. The van der Waals surface area contributed by atoms with Gasteiger partial charge in [-0.2, -0.15) is 0 Å². The van der Waals surface area contributed by atoms with E-state index >= 15 is 0 Å². The van der Waals surface area contributed by atoms with Gasteiger partial charge in [0.25, 0.3) is 0 Å². The Hall–Kier alpha value is -0.490. The van der Waals surface area contributed by atoms with Crippen molar-refractivity contribution in [2.45, 2.75) is 37.3 Å². The van der Waals surface area contributed by atoms with Crippen LogP contribution in [0.3, 0.4) is 0 Å². The summed E-state index contributed by atoms with van der Waals surface area (Å²) in [5, 5.41) is 3.21. The molecular weight excluding hydrogens is 258 g/mol. The van der Waals surface area contributed by atoms with E-state index in [0.717, 1.165) is 38.9 Å². The maximum Gasteiger partial charge on any atom is 0.143 e. The highest BCUT2D eigenvalue weighted by Crippen LogP contribution is 2.38. The molecule has 20 heavy (non-hydrogen) atoms. The number of carbonyl (C=O) groups excluding carboxylic acids is 1. The minimum Gasteiger partial charge on any atom is -0.381 e. The first-order chi connectivity index (χ1) is 9.74. The summed E-state index contributed by atoms with van der Waals surface area (Å²) in [5.74, 6) is 0.514. The minimum absolute atomic E-state index is 0.0139. The second-order valence-corrected chi connectivity index (χ2v) is 6.28. The van der Waals surface area contributed by atoms with Crippen molar-refractivity contribution in [1.82, 2.24) is 5.32 Å². The van der Waals surface area contributed by atoms with Gasteiger partial charge in [0.15, 0.2) is 0 Å². The molecule has 0 aromatic heterocycles. The molecule has 114 valence electrons. The highest BCUT2D eigenvalue weighted by Gasteiger charge is 2.44. The van der Waals surface area contributed by atoms with Crippen LogP contribution in [0.5, 0.6) is 0 Å². The van der Waals surface area contributed by atoms with E-state index in [2.05, 4.69) is 5.32 Å². The molecule has 3 saturated heterocycles. The fourth-order valence-electron chi connectivity index (χ4n) is 3.78. The Bertz CT molecular complexity index is 348. The molecule has 5 heteroatoms. The summed E-state index contributed by atoms with van der Waals surface area (Å²) < 4.78 is 16.9. The summed E-state index contributed by atoms with van der Waals surface area (Å²) in [6.07, 6.45) is 3.57. The number of rotatable bonds is 3. The Morgan fingerprint density at radius 1 is 1.15 bits per heavy atom. The van der Waals surface area contributed by atoms with Gasteiger partial charge in [0, 0.05) is 31.8 Å². The Morgan fingerprint density at radius 3 is 2.70 bits per heavy atom. The zero-order chi connectivity index (χ0) is 14.0. The second-order valence-electron chi connectivity index (χ2n) is 6.28. The van der Waals surface area contributed by atoms with Crippen molar-refractivity contribution in [2.24, 2.45) is 11.8 Å². The van der Waals surface area contributed by atoms with Crippen LogP contribution in [0.15, 0.2) is 0 Å². The number of hydrogen-bond acceptors (Lipinski definition) is 5. The van der Waals surface area contributed by atoms with Crippen LogP contribution < -0.4 is 5.32 Å². The number of ether oxygens (including phenoxy) is 3. The van der Waals surface area contributed by atoms with Crippen LogP contribution in [0.1, 0.15) is 25.7 Å². The molecule has 0 aliphatic carbocycles. The van der Waals surface area contributed by atoms with Gasteiger partial charge in [-0.15, -0.1) is 0 Å². The molecule has 0 radical (unpaired) electrons. The van der Waals surface area contributed by atoms with Gasteiger partial charge < -0.3 is 19.5 Å². The van der Waals surface area contributed by atoms with Gasteiger partial charge in [-0.3, -0.25) is 4.79 Å². The molecule has 3 heterocycles. The summed E-state index contributed by atoms with van der Waals surface area (Å²) in [6.45, 7) is 3.43. The number of hydrogen-bond donors (Lipinski definition) is 1. The van der Waals surface area contributed by atoms with Crippen LogP contribution >= 0.6 is 0 Å². The lowest BCUT2D eigenvalue weighted by atomic mass is 9.76. The number of Topliss-reactive ketones (excluding diaryl/α,β-unsaturated/α-hetero) is 1. The quantitative estimate of drug-likeness (QED) is 0.829. The Morgan fingerprint density at radius 2 is 1.95 bits per heavy atom. The topological polar surface area (TPSA) is 56.8 Å². The van der Waals surface area contributed by atoms with Crippen LogP contribution in [0.2, 0.25) is 0 Å². The summed E-state index contributed by atoms with van der Waals surface area (Å²) >= 11 is 0. The summed E-state index contributed by atoms with van der Waals surface area (Å²) in [4.78, 5) is 12.8. The first kappa shape index (κ1) is 14.4. The van der Waals surface area contributed by atoms with Crippen molar-refractivity contribution in [1.29, 1.82) is 0 Å². The normalized spacial score (nSPS) is 37.1. The molecule has 3 unspecified atom stereocenters.